The number of sulfonamides is 1. The lowest BCUT2D eigenvalue weighted by Crippen LogP contribution is -2.51. The Labute approximate surface area is 147 Å². The smallest absolute Gasteiger partial charge is 0.410 e. The predicted octanol–water partition coefficient (Wildman–Crippen LogP) is 2.50. The molecule has 1 fully saturated rings. The van der Waals surface area contributed by atoms with E-state index in [4.69, 9.17) is 4.74 Å². The highest BCUT2D eigenvalue weighted by Gasteiger charge is 2.30. The van der Waals surface area contributed by atoms with Crippen molar-refractivity contribution in [1.29, 1.82) is 0 Å². The summed E-state index contributed by atoms with van der Waals surface area (Å²) >= 11 is 0. The molecule has 1 heterocycles. The van der Waals surface area contributed by atoms with Gasteiger partial charge in [-0.05, 0) is 31.2 Å². The molecule has 0 spiro atoms. The minimum atomic E-state index is -3.53. The highest BCUT2D eigenvalue weighted by atomic mass is 32.2. The number of nitrogens with zero attached hydrogens (tertiary/aromatic N) is 2. The van der Waals surface area contributed by atoms with Gasteiger partial charge in [-0.1, -0.05) is 35.9 Å². The van der Waals surface area contributed by atoms with Crippen molar-refractivity contribution >= 4 is 16.1 Å². The molecule has 3 rings (SSSR count). The number of para-hydroxylation sites is 1. The lowest BCUT2D eigenvalue weighted by molar-refractivity contribution is 0.132. The predicted molar refractivity (Wildman–Crippen MR) is 94.0 cm³/mol. The molecule has 0 unspecified atom stereocenters. The SMILES string of the molecule is Cc1ccc(S(=O)(=O)N2CCN(C(=O)Oc3ccccc3)CC2)cc1. The first kappa shape index (κ1) is 17.4. The summed E-state index contributed by atoms with van der Waals surface area (Å²) in [6, 6.07) is 15.6. The topological polar surface area (TPSA) is 66.9 Å². The van der Waals surface area contributed by atoms with Gasteiger partial charge in [0, 0.05) is 26.2 Å². The fourth-order valence-electron chi connectivity index (χ4n) is 2.62. The molecular formula is C18H20N2O4S. The van der Waals surface area contributed by atoms with Crippen molar-refractivity contribution in [3.8, 4) is 5.75 Å². The number of carbonyl (C=O) groups is 1. The van der Waals surface area contributed by atoms with Crippen LogP contribution in [-0.2, 0) is 10.0 Å². The van der Waals surface area contributed by atoms with Crippen molar-refractivity contribution in [3.63, 3.8) is 0 Å². The van der Waals surface area contributed by atoms with Crippen LogP contribution in [0.3, 0.4) is 0 Å². The third-order valence-electron chi connectivity index (χ3n) is 4.10. The number of aryl methyl sites for hydroxylation is 1. The van der Waals surface area contributed by atoms with E-state index in [1.807, 2.05) is 13.0 Å². The van der Waals surface area contributed by atoms with Crippen LogP contribution in [-0.4, -0.2) is 49.9 Å². The van der Waals surface area contributed by atoms with Gasteiger partial charge in [-0.3, -0.25) is 0 Å². The Bertz CT molecular complexity index is 827. The Morgan fingerprint density at radius 1 is 0.920 bits per heavy atom. The second-order valence-electron chi connectivity index (χ2n) is 5.89. The van der Waals surface area contributed by atoms with E-state index < -0.39 is 16.1 Å². The number of amides is 1. The van der Waals surface area contributed by atoms with E-state index in [2.05, 4.69) is 0 Å². The van der Waals surface area contributed by atoms with Crippen LogP contribution in [0.4, 0.5) is 4.79 Å². The van der Waals surface area contributed by atoms with Gasteiger partial charge in [0.1, 0.15) is 5.75 Å². The zero-order chi connectivity index (χ0) is 17.9. The second kappa shape index (κ2) is 7.25. The Morgan fingerprint density at radius 2 is 1.52 bits per heavy atom. The molecule has 1 saturated heterocycles. The highest BCUT2D eigenvalue weighted by molar-refractivity contribution is 7.89. The van der Waals surface area contributed by atoms with Crippen LogP contribution >= 0.6 is 0 Å². The highest BCUT2D eigenvalue weighted by Crippen LogP contribution is 2.19. The first-order valence-electron chi connectivity index (χ1n) is 8.05. The van der Waals surface area contributed by atoms with E-state index >= 15 is 0 Å². The second-order valence-corrected chi connectivity index (χ2v) is 7.82. The maximum Gasteiger partial charge on any atom is 0.415 e. The fourth-order valence-corrected chi connectivity index (χ4v) is 4.05. The summed E-state index contributed by atoms with van der Waals surface area (Å²) in [6.45, 7) is 3.02. The van der Waals surface area contributed by atoms with Gasteiger partial charge in [-0.25, -0.2) is 13.2 Å². The summed E-state index contributed by atoms with van der Waals surface area (Å²) in [7, 11) is -3.53. The molecule has 132 valence electrons. The van der Waals surface area contributed by atoms with Crippen molar-refractivity contribution in [2.24, 2.45) is 0 Å². The molecule has 7 heteroatoms. The van der Waals surface area contributed by atoms with E-state index in [1.165, 1.54) is 9.21 Å². The van der Waals surface area contributed by atoms with Gasteiger partial charge >= 0.3 is 6.09 Å². The van der Waals surface area contributed by atoms with E-state index in [1.54, 1.807) is 48.5 Å². The first-order chi connectivity index (χ1) is 12.0. The molecule has 1 aliphatic heterocycles. The molecule has 0 aliphatic carbocycles. The average Bonchev–Trinajstić information content (AvgIpc) is 2.63. The van der Waals surface area contributed by atoms with Crippen LogP contribution in [0.2, 0.25) is 0 Å². The third kappa shape index (κ3) is 4.00. The number of hydrogen-bond acceptors (Lipinski definition) is 4. The summed E-state index contributed by atoms with van der Waals surface area (Å²) in [5.74, 6) is 0.474. The Morgan fingerprint density at radius 3 is 2.12 bits per heavy atom. The van der Waals surface area contributed by atoms with E-state index in [0.717, 1.165) is 5.56 Å². The number of rotatable bonds is 3. The van der Waals surface area contributed by atoms with Gasteiger partial charge < -0.3 is 9.64 Å². The summed E-state index contributed by atoms with van der Waals surface area (Å²) in [5.41, 5.74) is 1.01. The molecule has 0 bridgehead atoms. The van der Waals surface area contributed by atoms with Crippen molar-refractivity contribution in [2.45, 2.75) is 11.8 Å². The lowest BCUT2D eigenvalue weighted by Gasteiger charge is -2.33. The molecule has 0 radical (unpaired) electrons. The van der Waals surface area contributed by atoms with Crippen LogP contribution in [0.15, 0.2) is 59.5 Å². The van der Waals surface area contributed by atoms with Crippen LogP contribution in [0.5, 0.6) is 5.75 Å². The molecule has 2 aromatic rings. The fraction of sp³-hybridized carbons (Fsp3) is 0.278. The number of hydrogen-bond donors (Lipinski definition) is 0. The Kier molecular flexibility index (Phi) is 5.06. The van der Waals surface area contributed by atoms with Crippen molar-refractivity contribution < 1.29 is 17.9 Å². The maximum absolute atomic E-state index is 12.7. The van der Waals surface area contributed by atoms with Gasteiger partial charge in [0.15, 0.2) is 0 Å². The molecule has 2 aromatic carbocycles. The largest absolute Gasteiger partial charge is 0.415 e. The Hall–Kier alpha value is -2.38. The normalized spacial score (nSPS) is 15.8. The number of benzene rings is 2. The molecule has 6 nitrogen and oxygen atoms in total. The molecule has 25 heavy (non-hydrogen) atoms. The molecule has 1 aliphatic rings. The zero-order valence-electron chi connectivity index (χ0n) is 14.0. The summed E-state index contributed by atoms with van der Waals surface area (Å²) < 4.78 is 32.0. The minimum absolute atomic E-state index is 0.250. The summed E-state index contributed by atoms with van der Waals surface area (Å²) in [4.78, 5) is 14.0. The van der Waals surface area contributed by atoms with E-state index in [0.29, 0.717) is 18.8 Å². The van der Waals surface area contributed by atoms with E-state index in [9.17, 15) is 13.2 Å². The zero-order valence-corrected chi connectivity index (χ0v) is 14.8. The van der Waals surface area contributed by atoms with Crippen LogP contribution in [0.25, 0.3) is 0 Å². The number of ether oxygens (including phenoxy) is 1. The monoisotopic (exact) mass is 360 g/mol. The van der Waals surface area contributed by atoms with Crippen molar-refractivity contribution in [3.05, 3.63) is 60.2 Å². The van der Waals surface area contributed by atoms with Crippen LogP contribution in [0, 0.1) is 6.92 Å². The summed E-state index contributed by atoms with van der Waals surface area (Å²) in [6.07, 6.45) is -0.460. The molecule has 0 aromatic heterocycles. The van der Waals surface area contributed by atoms with Gasteiger partial charge in [0.25, 0.3) is 0 Å². The van der Waals surface area contributed by atoms with Gasteiger partial charge in [-0.2, -0.15) is 4.31 Å². The van der Waals surface area contributed by atoms with Gasteiger partial charge in [0.2, 0.25) is 10.0 Å². The standard InChI is InChI=1S/C18H20N2O4S/c1-15-7-9-17(10-8-15)25(22,23)20-13-11-19(12-14-20)18(21)24-16-5-3-2-4-6-16/h2-10H,11-14H2,1H3. The lowest BCUT2D eigenvalue weighted by atomic mass is 10.2. The minimum Gasteiger partial charge on any atom is -0.410 e. The Balaban J connectivity index is 1.61. The third-order valence-corrected chi connectivity index (χ3v) is 6.02. The summed E-state index contributed by atoms with van der Waals surface area (Å²) in [5, 5.41) is 0. The molecular weight excluding hydrogens is 340 g/mol. The number of piperazine rings is 1. The van der Waals surface area contributed by atoms with Gasteiger partial charge in [0.05, 0.1) is 4.90 Å². The average molecular weight is 360 g/mol. The molecule has 0 saturated carbocycles. The molecule has 0 N–H and O–H groups in total. The van der Waals surface area contributed by atoms with Crippen molar-refractivity contribution in [1.82, 2.24) is 9.21 Å². The molecule has 0 atom stereocenters. The van der Waals surface area contributed by atoms with Crippen molar-refractivity contribution in [2.75, 3.05) is 26.2 Å². The first-order valence-corrected chi connectivity index (χ1v) is 9.49. The van der Waals surface area contributed by atoms with Crippen LogP contribution < -0.4 is 4.74 Å². The van der Waals surface area contributed by atoms with E-state index in [-0.39, 0.29) is 18.0 Å². The van der Waals surface area contributed by atoms with Gasteiger partial charge in [-0.15, -0.1) is 0 Å². The molecule has 1 amide bonds. The maximum atomic E-state index is 12.7. The quantitative estimate of drug-likeness (QED) is 0.843. The number of carbonyl (C=O) groups excluding carboxylic acids is 1. The van der Waals surface area contributed by atoms with Crippen LogP contribution in [0.1, 0.15) is 5.56 Å².